The highest BCUT2D eigenvalue weighted by Crippen LogP contribution is 2.64. The number of fused-ring (bicyclic) bond motifs is 2. The minimum atomic E-state index is -3.08. The van der Waals surface area contributed by atoms with Crippen LogP contribution in [0.3, 0.4) is 0 Å². The van der Waals surface area contributed by atoms with E-state index in [-0.39, 0.29) is 0 Å². The summed E-state index contributed by atoms with van der Waals surface area (Å²) in [5.41, 5.74) is 6.97. The fraction of sp³-hybridized carbons (Fsp3) is 0.0625. The normalized spacial score (nSPS) is 23.1. The van der Waals surface area contributed by atoms with Crippen LogP contribution in [0.2, 0.25) is 0 Å². The molecule has 0 radical (unpaired) electrons. The van der Waals surface area contributed by atoms with Gasteiger partial charge in [0.15, 0.2) is 7.14 Å². The molecule has 0 fully saturated rings. The second-order valence-electron chi connectivity index (χ2n) is 9.55. The molecule has 1 aliphatic carbocycles. The van der Waals surface area contributed by atoms with Crippen LogP contribution in [0, 0.1) is 0 Å². The average Bonchev–Trinajstić information content (AvgIpc) is 3.05. The summed E-state index contributed by atoms with van der Waals surface area (Å²) in [7, 11) is -3.08. The zero-order chi connectivity index (χ0) is 22.5. The molecule has 0 N–H and O–H groups in total. The lowest BCUT2D eigenvalue weighted by Crippen LogP contribution is -2.45. The summed E-state index contributed by atoms with van der Waals surface area (Å²) in [5.74, 6) is 0. The molecule has 3 heterocycles. The molecule has 0 aromatic heterocycles. The van der Waals surface area contributed by atoms with E-state index in [1.54, 1.807) is 0 Å². The lowest BCUT2D eigenvalue weighted by molar-refractivity contribution is 0.591. The molecule has 2 unspecified atom stereocenters. The van der Waals surface area contributed by atoms with Crippen LogP contribution in [-0.4, -0.2) is 0 Å². The number of rotatable bonds is 0. The van der Waals surface area contributed by atoms with Gasteiger partial charge in [-0.1, -0.05) is 109 Å². The monoisotopic (exact) mass is 452 g/mol. The maximum atomic E-state index is 15.6. The zero-order valence-corrected chi connectivity index (χ0v) is 19.4. The molecule has 0 saturated heterocycles. The number of hydrogen-bond acceptors (Lipinski definition) is 1. The first-order valence-electron chi connectivity index (χ1n) is 11.9. The van der Waals surface area contributed by atoms with Gasteiger partial charge in [0.2, 0.25) is 0 Å². The molecule has 5 aromatic rings. The highest BCUT2D eigenvalue weighted by Gasteiger charge is 2.57. The maximum Gasteiger partial charge on any atom is 0.172 e. The first-order chi connectivity index (χ1) is 16.8. The summed E-state index contributed by atoms with van der Waals surface area (Å²) >= 11 is 0. The van der Waals surface area contributed by atoms with Crippen molar-refractivity contribution >= 4 is 39.4 Å². The van der Waals surface area contributed by atoms with Gasteiger partial charge in [-0.25, -0.2) is 0 Å². The Kier molecular flexibility index (Phi) is 3.45. The topological polar surface area (TPSA) is 17.1 Å². The van der Waals surface area contributed by atoms with Crippen molar-refractivity contribution in [2.75, 3.05) is 0 Å². The predicted molar refractivity (Wildman–Crippen MR) is 141 cm³/mol. The minimum absolute atomic E-state index is 0.498. The van der Waals surface area contributed by atoms with Gasteiger partial charge < -0.3 is 4.57 Å². The van der Waals surface area contributed by atoms with Crippen LogP contribution in [-0.2, 0) is 16.4 Å². The summed E-state index contributed by atoms with van der Waals surface area (Å²) in [6.07, 6.45) is 3.29. The molecule has 5 aromatic carbocycles. The van der Waals surface area contributed by atoms with Crippen molar-refractivity contribution in [3.63, 3.8) is 0 Å². The molecule has 2 heteroatoms. The fourth-order valence-corrected chi connectivity index (χ4v) is 10.3. The second-order valence-corrected chi connectivity index (χ2v) is 12.2. The third-order valence-corrected chi connectivity index (χ3v) is 11.3. The van der Waals surface area contributed by atoms with E-state index in [0.717, 1.165) is 27.9 Å². The van der Waals surface area contributed by atoms with Gasteiger partial charge in [0.1, 0.15) is 0 Å². The summed E-state index contributed by atoms with van der Waals surface area (Å²) in [6.45, 7) is 0. The number of benzene rings is 5. The van der Waals surface area contributed by atoms with E-state index in [2.05, 4.69) is 109 Å². The van der Waals surface area contributed by atoms with Gasteiger partial charge in [0, 0.05) is 15.9 Å². The van der Waals surface area contributed by atoms with Crippen LogP contribution in [0.1, 0.15) is 27.8 Å². The van der Waals surface area contributed by atoms with Crippen molar-refractivity contribution in [2.24, 2.45) is 0 Å². The van der Waals surface area contributed by atoms with Crippen LogP contribution >= 0.6 is 7.14 Å². The molecule has 2 atom stereocenters. The number of allylic oxidation sites excluding steroid dienone is 2. The Morgan fingerprint density at radius 3 is 2.24 bits per heavy atom. The van der Waals surface area contributed by atoms with Gasteiger partial charge in [-0.15, -0.1) is 0 Å². The maximum absolute atomic E-state index is 15.6. The Morgan fingerprint density at radius 2 is 1.32 bits per heavy atom. The molecule has 1 spiro atoms. The smallest absolute Gasteiger partial charge is 0.172 e. The predicted octanol–water partition coefficient (Wildman–Crippen LogP) is 6.08. The van der Waals surface area contributed by atoms with Crippen molar-refractivity contribution in [3.8, 4) is 0 Å². The van der Waals surface area contributed by atoms with Crippen LogP contribution < -0.4 is 15.9 Å². The summed E-state index contributed by atoms with van der Waals surface area (Å²) in [6, 6.07) is 38.8. The Labute approximate surface area is 198 Å². The molecule has 34 heavy (non-hydrogen) atoms. The van der Waals surface area contributed by atoms with Crippen molar-refractivity contribution in [3.05, 3.63) is 143 Å². The van der Waals surface area contributed by atoms with E-state index in [1.807, 2.05) is 6.07 Å². The molecule has 160 valence electrons. The third-order valence-electron chi connectivity index (χ3n) is 8.15. The quantitative estimate of drug-likeness (QED) is 0.260. The molecular formula is C32H21OP. The largest absolute Gasteiger partial charge is 0.309 e. The zero-order valence-electron chi connectivity index (χ0n) is 18.5. The summed E-state index contributed by atoms with van der Waals surface area (Å²) in [5, 5.41) is 5.36. The lowest BCUT2D eigenvalue weighted by atomic mass is 9.59. The van der Waals surface area contributed by atoms with Crippen molar-refractivity contribution in [1.29, 1.82) is 0 Å². The van der Waals surface area contributed by atoms with Gasteiger partial charge in [0.05, 0.1) is 5.41 Å². The molecular weight excluding hydrogens is 431 g/mol. The van der Waals surface area contributed by atoms with Gasteiger partial charge in [-0.05, 0) is 56.6 Å². The molecule has 1 nitrogen and oxygen atoms in total. The highest BCUT2D eigenvalue weighted by molar-refractivity contribution is 7.85. The van der Waals surface area contributed by atoms with E-state index >= 15 is 4.57 Å². The highest BCUT2D eigenvalue weighted by atomic mass is 31.2. The minimum Gasteiger partial charge on any atom is -0.309 e. The van der Waals surface area contributed by atoms with E-state index in [9.17, 15) is 0 Å². The molecule has 3 aliphatic heterocycles. The van der Waals surface area contributed by atoms with Crippen molar-refractivity contribution in [2.45, 2.75) is 11.8 Å². The molecule has 4 aliphatic rings. The molecule has 2 bridgehead atoms. The standard InChI is InChI=1S/C32H21OP/c33-34-28-15-7-4-12-24(28)26-19-17-22-10-2-5-13-25(22)32(26,27-14-6-8-16-29(27)34)31-23-11-3-1-9-21(23)18-20-30(31)34/h1-16,18-20H,17H2. The molecule has 0 amide bonds. The molecule has 0 saturated carbocycles. The van der Waals surface area contributed by atoms with E-state index in [4.69, 9.17) is 0 Å². The van der Waals surface area contributed by atoms with Crippen LogP contribution in [0.5, 0.6) is 0 Å². The van der Waals surface area contributed by atoms with Crippen LogP contribution in [0.4, 0.5) is 0 Å². The Hall–Kier alpha value is -3.67. The van der Waals surface area contributed by atoms with Crippen LogP contribution in [0.15, 0.2) is 115 Å². The average molecular weight is 452 g/mol. The first kappa shape index (κ1) is 18.7. The fourth-order valence-electron chi connectivity index (χ4n) is 6.93. The van der Waals surface area contributed by atoms with E-state index < -0.39 is 12.6 Å². The van der Waals surface area contributed by atoms with Crippen molar-refractivity contribution < 1.29 is 4.57 Å². The first-order valence-corrected chi connectivity index (χ1v) is 13.6. The second kappa shape index (κ2) is 6.26. The number of hydrogen-bond donors (Lipinski definition) is 0. The van der Waals surface area contributed by atoms with Gasteiger partial charge in [-0.3, -0.25) is 0 Å². The SMILES string of the molecule is O=P12c3ccccc3C3=CCc4ccccc4C3(c3ccccc31)c1c2ccc2ccccc12. The van der Waals surface area contributed by atoms with Crippen LogP contribution in [0.25, 0.3) is 16.3 Å². The summed E-state index contributed by atoms with van der Waals surface area (Å²) < 4.78 is 15.6. The van der Waals surface area contributed by atoms with Gasteiger partial charge in [0.25, 0.3) is 0 Å². The Bertz CT molecular complexity index is 1780. The summed E-state index contributed by atoms with van der Waals surface area (Å²) in [4.78, 5) is 0. The van der Waals surface area contributed by atoms with E-state index in [1.165, 1.54) is 38.6 Å². The lowest BCUT2D eigenvalue weighted by Gasteiger charge is -2.46. The Balaban J connectivity index is 1.74. The van der Waals surface area contributed by atoms with E-state index in [0.29, 0.717) is 0 Å². The Morgan fingerprint density at radius 1 is 0.618 bits per heavy atom. The third kappa shape index (κ3) is 1.94. The molecule has 9 rings (SSSR count). The van der Waals surface area contributed by atoms with Gasteiger partial charge in [-0.2, -0.15) is 0 Å². The van der Waals surface area contributed by atoms with Crippen molar-refractivity contribution in [1.82, 2.24) is 0 Å². The van der Waals surface area contributed by atoms with Gasteiger partial charge >= 0.3 is 0 Å².